The molecule has 1 aliphatic rings. The van der Waals surface area contributed by atoms with E-state index in [0.29, 0.717) is 19.4 Å². The second-order valence-corrected chi connectivity index (χ2v) is 5.88. The van der Waals surface area contributed by atoms with Crippen LogP contribution < -0.4 is 0 Å². The summed E-state index contributed by atoms with van der Waals surface area (Å²) in [5, 5.41) is 8.84. The molecule has 0 radical (unpaired) electrons. The molecule has 134 valence electrons. The molecular formula is C20H24FNO3. The van der Waals surface area contributed by atoms with Crippen molar-refractivity contribution in [2.75, 3.05) is 13.2 Å². The summed E-state index contributed by atoms with van der Waals surface area (Å²) in [6.45, 7) is 2.49. The molecule has 0 aromatic heterocycles. The zero-order valence-electron chi connectivity index (χ0n) is 14.3. The van der Waals surface area contributed by atoms with Crippen molar-refractivity contribution >= 4 is 6.09 Å². The highest BCUT2D eigenvalue weighted by molar-refractivity contribution is 5.69. The van der Waals surface area contributed by atoms with Crippen LogP contribution in [0.4, 0.5) is 9.18 Å². The van der Waals surface area contributed by atoms with Gasteiger partial charge in [0.1, 0.15) is 11.9 Å². The first kappa shape index (κ1) is 18.9. The van der Waals surface area contributed by atoms with Gasteiger partial charge < -0.3 is 14.7 Å². The van der Waals surface area contributed by atoms with E-state index < -0.39 is 0 Å². The highest BCUT2D eigenvalue weighted by Gasteiger charge is 2.30. The maximum absolute atomic E-state index is 12.9. The number of amides is 1. The van der Waals surface area contributed by atoms with Crippen molar-refractivity contribution in [3.63, 3.8) is 0 Å². The van der Waals surface area contributed by atoms with Gasteiger partial charge in [-0.15, -0.1) is 0 Å². The third-order valence-electron chi connectivity index (χ3n) is 4.13. The average molecular weight is 345 g/mol. The maximum Gasteiger partial charge on any atom is 0.410 e. The molecule has 25 heavy (non-hydrogen) atoms. The minimum atomic E-state index is -0.374. The lowest BCUT2D eigenvalue weighted by Gasteiger charge is -2.35. The van der Waals surface area contributed by atoms with Gasteiger partial charge in [-0.3, -0.25) is 0 Å². The van der Waals surface area contributed by atoms with Gasteiger partial charge in [0.25, 0.3) is 0 Å². The van der Waals surface area contributed by atoms with Gasteiger partial charge in [-0.2, -0.15) is 0 Å². The lowest BCUT2D eigenvalue weighted by atomic mass is 10.1. The van der Waals surface area contributed by atoms with E-state index in [9.17, 15) is 9.18 Å². The van der Waals surface area contributed by atoms with Crippen molar-refractivity contribution in [1.29, 1.82) is 0 Å². The topological polar surface area (TPSA) is 49.8 Å². The summed E-state index contributed by atoms with van der Waals surface area (Å²) in [5.74, 6) is -0.291. The van der Waals surface area contributed by atoms with E-state index in [4.69, 9.17) is 9.84 Å². The fraction of sp³-hybridized carbons (Fsp3) is 0.350. The Bertz CT molecular complexity index is 606. The molecule has 2 atom stereocenters. The predicted octanol–water partition coefficient (Wildman–Crippen LogP) is 4.17. The Hall–Kier alpha value is -2.40. The molecule has 4 nitrogen and oxygen atoms in total. The van der Waals surface area contributed by atoms with Crippen LogP contribution in [0, 0.1) is 5.82 Å². The predicted molar refractivity (Wildman–Crippen MR) is 94.6 cm³/mol. The lowest BCUT2D eigenvalue weighted by molar-refractivity contribution is 0.00400. The van der Waals surface area contributed by atoms with Crippen LogP contribution in [0.1, 0.15) is 31.4 Å². The molecule has 2 aromatic rings. The Morgan fingerprint density at radius 1 is 1.16 bits per heavy atom. The number of hydrogen-bond donors (Lipinski definition) is 1. The molecule has 5 heteroatoms. The summed E-state index contributed by atoms with van der Waals surface area (Å²) < 4.78 is 18.1. The van der Waals surface area contributed by atoms with Crippen LogP contribution in [-0.4, -0.2) is 35.4 Å². The van der Waals surface area contributed by atoms with Crippen molar-refractivity contribution in [3.05, 3.63) is 72.0 Å². The third-order valence-corrected chi connectivity index (χ3v) is 4.13. The van der Waals surface area contributed by atoms with Crippen molar-refractivity contribution in [2.45, 2.75) is 31.9 Å². The second-order valence-electron chi connectivity index (χ2n) is 5.88. The summed E-state index contributed by atoms with van der Waals surface area (Å²) in [6.07, 6.45) is 0.609. The summed E-state index contributed by atoms with van der Waals surface area (Å²) >= 11 is 0. The standard InChI is InChI=1S/C14H18FNO3.C6H6/c1-10(11-2-4-12(15)5-3-11)16-8-6-13(7-9-17)19-14(16)18;1-2-4-6-5-3-1/h2-5,10,13,17H,6-9H2,1H3;1-6H. The molecule has 2 aromatic carbocycles. The number of nitrogens with zero attached hydrogens (tertiary/aromatic N) is 1. The number of carbonyl (C=O) groups excluding carboxylic acids is 1. The molecule has 0 spiro atoms. The van der Waals surface area contributed by atoms with Crippen LogP contribution in [0.3, 0.4) is 0 Å². The summed E-state index contributed by atoms with van der Waals surface area (Å²) in [6, 6.07) is 18.0. The Balaban J connectivity index is 0.000000316. The van der Waals surface area contributed by atoms with E-state index >= 15 is 0 Å². The molecular weight excluding hydrogens is 321 g/mol. The number of carbonyl (C=O) groups is 1. The highest BCUT2D eigenvalue weighted by Crippen LogP contribution is 2.26. The fourth-order valence-electron chi connectivity index (χ4n) is 2.65. The normalized spacial score (nSPS) is 18.0. The molecule has 1 amide bonds. The molecule has 0 aliphatic carbocycles. The zero-order chi connectivity index (χ0) is 18.1. The van der Waals surface area contributed by atoms with Crippen molar-refractivity contribution in [3.8, 4) is 0 Å². The molecule has 1 N–H and O–H groups in total. The van der Waals surface area contributed by atoms with Gasteiger partial charge in [0.05, 0.1) is 6.04 Å². The number of hydrogen-bond acceptors (Lipinski definition) is 3. The third kappa shape index (κ3) is 5.87. The Labute approximate surface area is 147 Å². The number of halogens is 1. The SMILES string of the molecule is CC(c1ccc(F)cc1)N1CCC(CCO)OC1=O.c1ccccc1. The van der Waals surface area contributed by atoms with Crippen molar-refractivity contribution in [1.82, 2.24) is 4.90 Å². The van der Waals surface area contributed by atoms with Gasteiger partial charge in [-0.1, -0.05) is 48.5 Å². The molecule has 1 aliphatic heterocycles. The quantitative estimate of drug-likeness (QED) is 0.905. The molecule has 3 rings (SSSR count). The molecule has 0 bridgehead atoms. The summed E-state index contributed by atoms with van der Waals surface area (Å²) in [7, 11) is 0. The lowest BCUT2D eigenvalue weighted by Crippen LogP contribution is -2.43. The van der Waals surface area contributed by atoms with Gasteiger partial charge in [0, 0.05) is 26.0 Å². The number of aliphatic hydroxyl groups is 1. The number of rotatable bonds is 4. The average Bonchev–Trinajstić information content (AvgIpc) is 2.64. The minimum absolute atomic E-state index is 0.0193. The van der Waals surface area contributed by atoms with Crippen LogP contribution in [0.5, 0.6) is 0 Å². The van der Waals surface area contributed by atoms with Gasteiger partial charge in [-0.05, 0) is 24.6 Å². The second kappa shape index (κ2) is 9.79. The largest absolute Gasteiger partial charge is 0.446 e. The number of aliphatic hydroxyl groups excluding tert-OH is 1. The molecule has 2 unspecified atom stereocenters. The Morgan fingerprint density at radius 2 is 1.72 bits per heavy atom. The van der Waals surface area contributed by atoms with Gasteiger partial charge in [-0.25, -0.2) is 9.18 Å². The monoisotopic (exact) mass is 345 g/mol. The van der Waals surface area contributed by atoms with Crippen LogP contribution >= 0.6 is 0 Å². The first-order chi connectivity index (χ1) is 12.1. The number of cyclic esters (lactones) is 1. The molecule has 1 fully saturated rings. The number of ether oxygens (including phenoxy) is 1. The summed E-state index contributed by atoms with van der Waals surface area (Å²) in [4.78, 5) is 13.5. The van der Waals surface area contributed by atoms with Crippen LogP contribution in [0.25, 0.3) is 0 Å². The van der Waals surface area contributed by atoms with E-state index in [1.54, 1.807) is 17.0 Å². The fourth-order valence-corrected chi connectivity index (χ4v) is 2.65. The van der Waals surface area contributed by atoms with Crippen LogP contribution in [-0.2, 0) is 4.74 Å². The first-order valence-corrected chi connectivity index (χ1v) is 8.45. The van der Waals surface area contributed by atoms with Crippen molar-refractivity contribution in [2.24, 2.45) is 0 Å². The van der Waals surface area contributed by atoms with Crippen LogP contribution in [0.2, 0.25) is 0 Å². The first-order valence-electron chi connectivity index (χ1n) is 8.45. The van der Waals surface area contributed by atoms with Crippen molar-refractivity contribution < 1.29 is 19.0 Å². The smallest absolute Gasteiger partial charge is 0.410 e. The highest BCUT2D eigenvalue weighted by atomic mass is 19.1. The molecule has 0 saturated carbocycles. The van der Waals surface area contributed by atoms with E-state index in [-0.39, 0.29) is 30.7 Å². The molecule has 1 saturated heterocycles. The van der Waals surface area contributed by atoms with Crippen LogP contribution in [0.15, 0.2) is 60.7 Å². The maximum atomic E-state index is 12.9. The van der Waals surface area contributed by atoms with E-state index in [2.05, 4.69) is 0 Å². The summed E-state index contributed by atoms with van der Waals surface area (Å²) in [5.41, 5.74) is 0.874. The zero-order valence-corrected chi connectivity index (χ0v) is 14.3. The number of benzene rings is 2. The minimum Gasteiger partial charge on any atom is -0.446 e. The van der Waals surface area contributed by atoms with E-state index in [0.717, 1.165) is 5.56 Å². The van der Waals surface area contributed by atoms with Gasteiger partial charge in [0.2, 0.25) is 0 Å². The van der Waals surface area contributed by atoms with E-state index in [1.807, 2.05) is 43.3 Å². The van der Waals surface area contributed by atoms with Gasteiger partial charge >= 0.3 is 6.09 Å². The van der Waals surface area contributed by atoms with E-state index in [1.165, 1.54) is 12.1 Å². The molecule has 1 heterocycles. The van der Waals surface area contributed by atoms with Gasteiger partial charge in [0.15, 0.2) is 0 Å². The Kier molecular flexibility index (Phi) is 7.41. The Morgan fingerprint density at radius 3 is 2.20 bits per heavy atom.